The predicted molar refractivity (Wildman–Crippen MR) is 50.8 cm³/mol. The first kappa shape index (κ1) is 8.64. The molecule has 0 aliphatic heterocycles. The minimum Gasteiger partial charge on any atom is -0.0887 e. The summed E-state index contributed by atoms with van der Waals surface area (Å²) in [5, 5.41) is 0. The first-order chi connectivity index (χ1) is 5.43. The highest BCUT2D eigenvalue weighted by molar-refractivity contribution is 6.08. The number of rotatable bonds is 4. The normalized spacial score (nSPS) is 22.4. The summed E-state index contributed by atoms with van der Waals surface area (Å²) in [4.78, 5) is 0. The third-order valence-electron chi connectivity index (χ3n) is 2.10. The molecule has 0 saturated carbocycles. The summed E-state index contributed by atoms with van der Waals surface area (Å²) in [6.07, 6.45) is 14.6. The van der Waals surface area contributed by atoms with Gasteiger partial charge >= 0.3 is 0 Å². The Morgan fingerprint density at radius 2 is 2.18 bits per heavy atom. The lowest BCUT2D eigenvalue weighted by atomic mass is 9.92. The third-order valence-corrected chi connectivity index (χ3v) is 2.10. The molecule has 0 amide bonds. The van der Waals surface area contributed by atoms with E-state index in [1.807, 2.05) is 0 Å². The zero-order chi connectivity index (χ0) is 7.94. The van der Waals surface area contributed by atoms with Gasteiger partial charge in [0.1, 0.15) is 0 Å². The fourth-order valence-corrected chi connectivity index (χ4v) is 1.40. The average molecular weight is 146 g/mol. The Labute approximate surface area is 70.8 Å². The first-order valence-corrected chi connectivity index (χ1v) is 4.47. The van der Waals surface area contributed by atoms with Gasteiger partial charge in [0.2, 0.25) is 0 Å². The first-order valence-electron chi connectivity index (χ1n) is 4.47. The van der Waals surface area contributed by atoms with E-state index in [1.54, 1.807) is 0 Å². The van der Waals surface area contributed by atoms with Crippen LogP contribution < -0.4 is 0 Å². The van der Waals surface area contributed by atoms with Crippen LogP contribution in [-0.4, -0.2) is 7.85 Å². The Kier molecular flexibility index (Phi) is 4.11. The molecule has 0 saturated heterocycles. The number of unbranched alkanes of at least 4 members (excludes halogenated alkanes) is 1. The van der Waals surface area contributed by atoms with E-state index < -0.39 is 0 Å². The van der Waals surface area contributed by atoms with Crippen LogP contribution in [0.15, 0.2) is 24.3 Å². The Bertz CT molecular complexity index is 147. The topological polar surface area (TPSA) is 0 Å². The van der Waals surface area contributed by atoms with Gasteiger partial charge in [0, 0.05) is 0 Å². The molecule has 58 valence electrons. The molecule has 1 rings (SSSR count). The Balaban J connectivity index is 2.07. The van der Waals surface area contributed by atoms with Crippen LogP contribution in [-0.2, 0) is 0 Å². The standard InChI is InChI=1S/C10H15B/c11-9-5-4-8-10-6-2-1-3-7-10/h1-3,6,10H,4-5,7-9H2/t10-/m0/s1. The molecule has 0 N–H and O–H groups in total. The van der Waals surface area contributed by atoms with E-state index in [-0.39, 0.29) is 0 Å². The monoisotopic (exact) mass is 146 g/mol. The van der Waals surface area contributed by atoms with Gasteiger partial charge in [-0.1, -0.05) is 43.5 Å². The maximum absolute atomic E-state index is 5.41. The number of hydrogen-bond acceptors (Lipinski definition) is 0. The molecule has 0 bridgehead atoms. The smallest absolute Gasteiger partial charge is 0.0653 e. The summed E-state index contributed by atoms with van der Waals surface area (Å²) in [6, 6.07) is 0. The Hall–Kier alpha value is -0.455. The number of allylic oxidation sites excluding steroid dienone is 4. The molecule has 1 atom stereocenters. The van der Waals surface area contributed by atoms with Gasteiger partial charge in [-0.3, -0.25) is 0 Å². The van der Waals surface area contributed by atoms with Crippen molar-refractivity contribution in [3.05, 3.63) is 24.3 Å². The van der Waals surface area contributed by atoms with Crippen molar-refractivity contribution in [1.82, 2.24) is 0 Å². The van der Waals surface area contributed by atoms with Crippen molar-refractivity contribution in [2.45, 2.75) is 32.0 Å². The lowest BCUT2D eigenvalue weighted by Crippen LogP contribution is -1.96. The molecule has 0 heterocycles. The molecule has 0 unspecified atom stereocenters. The summed E-state index contributed by atoms with van der Waals surface area (Å²) in [5.74, 6) is 0.784. The van der Waals surface area contributed by atoms with Crippen LogP contribution in [0.1, 0.15) is 25.7 Å². The quantitative estimate of drug-likeness (QED) is 0.422. The molecule has 0 fully saturated rings. The van der Waals surface area contributed by atoms with Crippen LogP contribution in [0.2, 0.25) is 6.32 Å². The van der Waals surface area contributed by atoms with E-state index in [1.165, 1.54) is 25.7 Å². The van der Waals surface area contributed by atoms with Crippen LogP contribution in [0, 0.1) is 5.92 Å². The molecule has 1 aliphatic rings. The lowest BCUT2D eigenvalue weighted by molar-refractivity contribution is 0.557. The molecule has 1 heteroatoms. The molecule has 0 aromatic heterocycles. The van der Waals surface area contributed by atoms with E-state index >= 15 is 0 Å². The van der Waals surface area contributed by atoms with Gasteiger partial charge in [0.05, 0.1) is 7.85 Å². The van der Waals surface area contributed by atoms with E-state index in [4.69, 9.17) is 7.85 Å². The van der Waals surface area contributed by atoms with E-state index in [9.17, 15) is 0 Å². The van der Waals surface area contributed by atoms with Crippen molar-refractivity contribution < 1.29 is 0 Å². The highest BCUT2D eigenvalue weighted by Crippen LogP contribution is 2.18. The maximum atomic E-state index is 5.41. The van der Waals surface area contributed by atoms with Crippen LogP contribution >= 0.6 is 0 Å². The van der Waals surface area contributed by atoms with Crippen LogP contribution in [0.5, 0.6) is 0 Å². The highest BCUT2D eigenvalue weighted by atomic mass is 14.1. The lowest BCUT2D eigenvalue weighted by Gasteiger charge is -2.11. The van der Waals surface area contributed by atoms with E-state index in [0.29, 0.717) is 0 Å². The summed E-state index contributed by atoms with van der Waals surface area (Å²) < 4.78 is 0. The SMILES string of the molecule is [B]CCCC[C@H]1C=CC=CC1. The molecule has 2 radical (unpaired) electrons. The Morgan fingerprint density at radius 1 is 1.27 bits per heavy atom. The van der Waals surface area contributed by atoms with Crippen LogP contribution in [0.25, 0.3) is 0 Å². The van der Waals surface area contributed by atoms with Gasteiger partial charge in [-0.25, -0.2) is 0 Å². The van der Waals surface area contributed by atoms with Crippen LogP contribution in [0.4, 0.5) is 0 Å². The van der Waals surface area contributed by atoms with Crippen molar-refractivity contribution in [3.8, 4) is 0 Å². The van der Waals surface area contributed by atoms with Gasteiger partial charge in [-0.2, -0.15) is 0 Å². The molecule has 1 aliphatic carbocycles. The molecule has 0 spiro atoms. The van der Waals surface area contributed by atoms with E-state index in [0.717, 1.165) is 12.2 Å². The van der Waals surface area contributed by atoms with Crippen molar-refractivity contribution in [2.75, 3.05) is 0 Å². The minimum atomic E-state index is 0.784. The van der Waals surface area contributed by atoms with Gasteiger partial charge in [0.25, 0.3) is 0 Å². The van der Waals surface area contributed by atoms with Gasteiger partial charge in [-0.05, 0) is 18.8 Å². The summed E-state index contributed by atoms with van der Waals surface area (Å²) in [5.41, 5.74) is 0. The summed E-state index contributed by atoms with van der Waals surface area (Å²) >= 11 is 0. The molecule has 11 heavy (non-hydrogen) atoms. The third kappa shape index (κ3) is 3.45. The minimum absolute atomic E-state index is 0.784. The predicted octanol–water partition coefficient (Wildman–Crippen LogP) is 2.88. The number of hydrogen-bond donors (Lipinski definition) is 0. The van der Waals surface area contributed by atoms with Gasteiger partial charge in [0.15, 0.2) is 0 Å². The van der Waals surface area contributed by atoms with Crippen molar-refractivity contribution in [3.63, 3.8) is 0 Å². The molecular formula is C10H15B. The molecular weight excluding hydrogens is 131 g/mol. The molecule has 0 aromatic carbocycles. The van der Waals surface area contributed by atoms with Gasteiger partial charge in [-0.15, -0.1) is 0 Å². The van der Waals surface area contributed by atoms with Crippen molar-refractivity contribution >= 4 is 7.85 Å². The fourth-order valence-electron chi connectivity index (χ4n) is 1.40. The van der Waals surface area contributed by atoms with Crippen molar-refractivity contribution in [2.24, 2.45) is 5.92 Å². The second-order valence-electron chi connectivity index (χ2n) is 3.09. The van der Waals surface area contributed by atoms with E-state index in [2.05, 4.69) is 24.3 Å². The molecule has 0 nitrogen and oxygen atoms in total. The fraction of sp³-hybridized carbons (Fsp3) is 0.600. The zero-order valence-electron chi connectivity index (χ0n) is 7.00. The molecule has 0 aromatic rings. The largest absolute Gasteiger partial charge is 0.0887 e. The summed E-state index contributed by atoms with van der Waals surface area (Å²) in [6.45, 7) is 0. The zero-order valence-corrected chi connectivity index (χ0v) is 7.00. The maximum Gasteiger partial charge on any atom is 0.0653 e. The Morgan fingerprint density at radius 3 is 2.82 bits per heavy atom. The second kappa shape index (κ2) is 5.23. The van der Waals surface area contributed by atoms with Gasteiger partial charge < -0.3 is 0 Å². The second-order valence-corrected chi connectivity index (χ2v) is 3.09. The highest BCUT2D eigenvalue weighted by Gasteiger charge is 2.03. The average Bonchev–Trinajstić information content (AvgIpc) is 2.07. The van der Waals surface area contributed by atoms with Crippen LogP contribution in [0.3, 0.4) is 0 Å². The summed E-state index contributed by atoms with van der Waals surface area (Å²) in [7, 11) is 5.41. The van der Waals surface area contributed by atoms with Crippen molar-refractivity contribution in [1.29, 1.82) is 0 Å².